The van der Waals surface area contributed by atoms with Crippen LogP contribution in [0, 0.1) is 11.8 Å². The highest BCUT2D eigenvalue weighted by molar-refractivity contribution is 5.09. The van der Waals surface area contributed by atoms with Gasteiger partial charge in [0.05, 0.1) is 13.2 Å². The second-order valence-electron chi connectivity index (χ2n) is 11.3. The Bertz CT molecular complexity index is 594. The van der Waals surface area contributed by atoms with E-state index in [2.05, 4.69) is 49.9 Å². The fourth-order valence-electron chi connectivity index (χ4n) is 5.12. The maximum atomic E-state index is 6.07. The third-order valence-electron chi connectivity index (χ3n) is 7.84. The van der Waals surface area contributed by atoms with Crippen molar-refractivity contribution in [3.63, 3.8) is 0 Å². The highest BCUT2D eigenvalue weighted by Gasteiger charge is 2.24. The molecule has 0 bridgehead atoms. The Morgan fingerprint density at radius 1 is 0.714 bits per heavy atom. The molecule has 0 aromatic carbocycles. The van der Waals surface area contributed by atoms with Crippen LogP contribution in [0.1, 0.15) is 148 Å². The Hall–Kier alpha value is -0.930. The SMILES string of the molecule is CCCCCCCCCCCCCCCCCCC1COC(c2cc[n+](CC(C)CC)cc2)OC1. The molecule has 0 N–H and O–H groups in total. The number of hydrogen-bond donors (Lipinski definition) is 0. The highest BCUT2D eigenvalue weighted by Crippen LogP contribution is 2.27. The van der Waals surface area contributed by atoms with Crippen LogP contribution in [0.2, 0.25) is 0 Å². The van der Waals surface area contributed by atoms with E-state index in [9.17, 15) is 0 Å². The number of pyridine rings is 1. The van der Waals surface area contributed by atoms with E-state index in [1.165, 1.54) is 116 Å². The van der Waals surface area contributed by atoms with Crippen molar-refractivity contribution in [2.24, 2.45) is 11.8 Å². The lowest BCUT2D eigenvalue weighted by molar-refractivity contribution is -0.703. The zero-order valence-electron chi connectivity index (χ0n) is 23.7. The van der Waals surface area contributed by atoms with Gasteiger partial charge in [-0.3, -0.25) is 0 Å². The lowest BCUT2D eigenvalue weighted by Gasteiger charge is -2.29. The molecule has 202 valence electrons. The molecule has 1 fully saturated rings. The summed E-state index contributed by atoms with van der Waals surface area (Å²) in [6, 6.07) is 4.31. The van der Waals surface area contributed by atoms with E-state index in [1.54, 1.807) is 0 Å². The summed E-state index contributed by atoms with van der Waals surface area (Å²) >= 11 is 0. The molecule has 1 unspecified atom stereocenters. The molecular weight excluding hydrogens is 430 g/mol. The molecule has 3 heteroatoms. The Balaban J connectivity index is 1.38. The van der Waals surface area contributed by atoms with Gasteiger partial charge in [0.2, 0.25) is 0 Å². The van der Waals surface area contributed by atoms with Gasteiger partial charge in [-0.05, 0) is 12.8 Å². The third kappa shape index (κ3) is 14.4. The van der Waals surface area contributed by atoms with Gasteiger partial charge in [0.1, 0.15) is 0 Å². The molecule has 1 aliphatic rings. The third-order valence-corrected chi connectivity index (χ3v) is 7.84. The zero-order chi connectivity index (χ0) is 25.0. The first-order valence-corrected chi connectivity index (χ1v) is 15.4. The fourth-order valence-corrected chi connectivity index (χ4v) is 5.12. The molecule has 0 aliphatic carbocycles. The monoisotopic (exact) mass is 488 g/mol. The molecule has 0 amide bonds. The number of rotatable bonds is 21. The van der Waals surface area contributed by atoms with Crippen LogP contribution in [0.25, 0.3) is 0 Å². The average Bonchev–Trinajstić information content (AvgIpc) is 2.89. The molecule has 35 heavy (non-hydrogen) atoms. The van der Waals surface area contributed by atoms with E-state index >= 15 is 0 Å². The van der Waals surface area contributed by atoms with E-state index < -0.39 is 0 Å². The predicted molar refractivity (Wildman–Crippen MR) is 148 cm³/mol. The molecule has 1 atom stereocenters. The van der Waals surface area contributed by atoms with Crippen molar-refractivity contribution in [2.75, 3.05) is 13.2 Å². The maximum Gasteiger partial charge on any atom is 0.184 e. The highest BCUT2D eigenvalue weighted by atomic mass is 16.7. The second-order valence-corrected chi connectivity index (χ2v) is 11.3. The molecule has 1 saturated heterocycles. The average molecular weight is 489 g/mol. The van der Waals surface area contributed by atoms with E-state index in [0.717, 1.165) is 25.3 Å². The van der Waals surface area contributed by atoms with Gasteiger partial charge in [0.25, 0.3) is 0 Å². The van der Waals surface area contributed by atoms with Gasteiger partial charge in [0.15, 0.2) is 25.2 Å². The van der Waals surface area contributed by atoms with Crippen LogP contribution in [0.4, 0.5) is 0 Å². The summed E-state index contributed by atoms with van der Waals surface area (Å²) in [5.41, 5.74) is 1.14. The second kappa shape index (κ2) is 20.2. The largest absolute Gasteiger partial charge is 0.348 e. The van der Waals surface area contributed by atoms with Crippen LogP contribution in [0.5, 0.6) is 0 Å². The van der Waals surface area contributed by atoms with E-state index in [-0.39, 0.29) is 6.29 Å². The first-order chi connectivity index (χ1) is 17.2. The molecular formula is C32H58NO2+. The number of hydrogen-bond acceptors (Lipinski definition) is 2. The maximum absolute atomic E-state index is 6.07. The minimum atomic E-state index is -0.185. The zero-order valence-corrected chi connectivity index (χ0v) is 23.7. The topological polar surface area (TPSA) is 22.3 Å². The molecule has 0 spiro atoms. The van der Waals surface area contributed by atoms with Crippen molar-refractivity contribution in [3.05, 3.63) is 30.1 Å². The van der Waals surface area contributed by atoms with Gasteiger partial charge >= 0.3 is 0 Å². The van der Waals surface area contributed by atoms with Gasteiger partial charge in [-0.1, -0.05) is 124 Å². The first kappa shape index (κ1) is 30.3. The van der Waals surface area contributed by atoms with Crippen molar-refractivity contribution in [2.45, 2.75) is 149 Å². The molecule has 1 aromatic rings. The number of unbranched alkanes of at least 4 members (excludes halogenated alkanes) is 15. The quantitative estimate of drug-likeness (QED) is 0.127. The van der Waals surface area contributed by atoms with Crippen LogP contribution < -0.4 is 4.57 Å². The smallest absolute Gasteiger partial charge is 0.184 e. The van der Waals surface area contributed by atoms with Crippen LogP contribution in [0.3, 0.4) is 0 Å². The Kier molecular flexibility index (Phi) is 17.5. The van der Waals surface area contributed by atoms with Gasteiger partial charge < -0.3 is 9.47 Å². The van der Waals surface area contributed by atoms with E-state index in [0.29, 0.717) is 11.8 Å². The minimum absolute atomic E-state index is 0.185. The lowest BCUT2D eigenvalue weighted by atomic mass is 10.00. The summed E-state index contributed by atoms with van der Waals surface area (Å²) < 4.78 is 14.4. The van der Waals surface area contributed by atoms with Crippen molar-refractivity contribution in [1.82, 2.24) is 0 Å². The van der Waals surface area contributed by atoms with Crippen molar-refractivity contribution < 1.29 is 14.0 Å². The molecule has 0 radical (unpaired) electrons. The summed E-state index contributed by atoms with van der Waals surface area (Å²) in [5, 5.41) is 0. The van der Waals surface area contributed by atoms with E-state index in [1.807, 2.05) is 0 Å². The van der Waals surface area contributed by atoms with Crippen molar-refractivity contribution >= 4 is 0 Å². The van der Waals surface area contributed by atoms with Crippen molar-refractivity contribution in [1.29, 1.82) is 0 Å². The summed E-state index contributed by atoms with van der Waals surface area (Å²) in [7, 11) is 0. The van der Waals surface area contributed by atoms with Gasteiger partial charge in [0, 0.05) is 29.5 Å². The summed E-state index contributed by atoms with van der Waals surface area (Å²) in [4.78, 5) is 0. The van der Waals surface area contributed by atoms with Crippen LogP contribution in [-0.2, 0) is 16.0 Å². The normalized spacial score (nSPS) is 19.2. The molecule has 1 aromatic heterocycles. The molecule has 2 heterocycles. The fraction of sp³-hybridized carbons (Fsp3) is 0.844. The summed E-state index contributed by atoms with van der Waals surface area (Å²) in [6.07, 6.45) is 29.4. The van der Waals surface area contributed by atoms with Gasteiger partial charge in [-0.25, -0.2) is 4.57 Å². The number of ether oxygens (including phenoxy) is 2. The molecule has 0 saturated carbocycles. The number of aromatic nitrogens is 1. The van der Waals surface area contributed by atoms with E-state index in [4.69, 9.17) is 9.47 Å². The van der Waals surface area contributed by atoms with Crippen molar-refractivity contribution in [3.8, 4) is 0 Å². The Morgan fingerprint density at radius 3 is 1.63 bits per heavy atom. The van der Waals surface area contributed by atoms with Crippen LogP contribution in [-0.4, -0.2) is 13.2 Å². The molecule has 1 aliphatic heterocycles. The predicted octanol–water partition coefficient (Wildman–Crippen LogP) is 9.33. The molecule has 3 nitrogen and oxygen atoms in total. The summed E-state index contributed by atoms with van der Waals surface area (Å²) in [6.45, 7) is 9.60. The molecule has 2 rings (SSSR count). The summed E-state index contributed by atoms with van der Waals surface area (Å²) in [5.74, 6) is 1.27. The lowest BCUT2D eigenvalue weighted by Crippen LogP contribution is -2.36. The number of nitrogens with zero attached hydrogens (tertiary/aromatic N) is 1. The standard InChI is InChI=1S/C32H58NO2/c1-4-6-7-8-9-10-11-12-13-14-15-16-17-18-19-20-21-30-27-34-32(35-28-30)31-22-24-33(25-23-31)26-29(3)5-2/h22-25,29-30,32H,4-21,26-28H2,1-3H3/q+1. The van der Waals surface area contributed by atoms with Gasteiger partial charge in [-0.2, -0.15) is 0 Å². The van der Waals surface area contributed by atoms with Gasteiger partial charge in [-0.15, -0.1) is 0 Å². The minimum Gasteiger partial charge on any atom is -0.348 e. The Morgan fingerprint density at radius 2 is 1.17 bits per heavy atom. The first-order valence-electron chi connectivity index (χ1n) is 15.4. The Labute approximate surface area is 218 Å². The van der Waals surface area contributed by atoms with Crippen LogP contribution >= 0.6 is 0 Å². The van der Waals surface area contributed by atoms with Crippen LogP contribution in [0.15, 0.2) is 24.5 Å².